The molecule has 1 aliphatic rings. The molecule has 1 unspecified atom stereocenters. The van der Waals surface area contributed by atoms with Crippen molar-refractivity contribution in [2.24, 2.45) is 0 Å². The van der Waals surface area contributed by atoms with E-state index >= 15 is 0 Å². The average molecular weight is 299 g/mol. The molecule has 1 atom stereocenters. The molecule has 1 aliphatic heterocycles. The summed E-state index contributed by atoms with van der Waals surface area (Å²) in [6.45, 7) is 9.37. The second-order valence-corrected chi connectivity index (χ2v) is 6.29. The number of likely N-dealkylation sites (tertiary alicyclic amines) is 1. The van der Waals surface area contributed by atoms with Crippen molar-refractivity contribution in [3.8, 4) is 0 Å². The maximum Gasteiger partial charge on any atom is 0.165 e. The van der Waals surface area contributed by atoms with Gasteiger partial charge >= 0.3 is 0 Å². The number of benzene rings is 1. The fourth-order valence-corrected chi connectivity index (χ4v) is 3.27. The van der Waals surface area contributed by atoms with Gasteiger partial charge in [-0.3, -0.25) is 4.90 Å². The van der Waals surface area contributed by atoms with Crippen LogP contribution in [0.4, 0.5) is 0 Å². The summed E-state index contributed by atoms with van der Waals surface area (Å²) >= 11 is 0. The van der Waals surface area contributed by atoms with Crippen LogP contribution >= 0.6 is 0 Å². The van der Waals surface area contributed by atoms with Gasteiger partial charge in [-0.25, -0.2) is 4.68 Å². The molecule has 1 aromatic carbocycles. The second kappa shape index (κ2) is 6.57. The van der Waals surface area contributed by atoms with Crippen molar-refractivity contribution in [1.82, 2.24) is 25.1 Å². The zero-order valence-corrected chi connectivity index (χ0v) is 13.8. The lowest BCUT2D eigenvalue weighted by Gasteiger charge is -2.24. The fraction of sp³-hybridized carbons (Fsp3) is 0.588. The molecule has 22 heavy (non-hydrogen) atoms. The summed E-state index contributed by atoms with van der Waals surface area (Å²) in [6.07, 6.45) is 3.52. The van der Waals surface area contributed by atoms with Crippen molar-refractivity contribution in [2.75, 3.05) is 6.54 Å². The largest absolute Gasteiger partial charge is 0.289 e. The number of aryl methyl sites for hydroxylation is 3. The van der Waals surface area contributed by atoms with Crippen LogP contribution in [0.5, 0.6) is 0 Å². The van der Waals surface area contributed by atoms with Gasteiger partial charge in [-0.05, 0) is 66.8 Å². The Balaban J connectivity index is 1.78. The predicted octanol–water partition coefficient (Wildman–Crippen LogP) is 3.04. The van der Waals surface area contributed by atoms with Crippen molar-refractivity contribution < 1.29 is 0 Å². The van der Waals surface area contributed by atoms with Gasteiger partial charge in [0.05, 0.1) is 6.54 Å². The highest BCUT2D eigenvalue weighted by Gasteiger charge is 2.27. The Bertz CT molecular complexity index is 634. The van der Waals surface area contributed by atoms with Gasteiger partial charge in [-0.2, -0.15) is 0 Å². The zero-order chi connectivity index (χ0) is 15.5. The Hall–Kier alpha value is -1.75. The van der Waals surface area contributed by atoms with Crippen LogP contribution in [0.2, 0.25) is 0 Å². The SMILES string of the molecule is CCCn1nnnc1CN1CCCC1c1ccc(C)c(C)c1. The molecule has 0 saturated carbocycles. The summed E-state index contributed by atoms with van der Waals surface area (Å²) in [7, 11) is 0. The molecule has 0 aliphatic carbocycles. The van der Waals surface area contributed by atoms with Crippen LogP contribution in [0.25, 0.3) is 0 Å². The minimum atomic E-state index is 0.492. The zero-order valence-electron chi connectivity index (χ0n) is 13.8. The van der Waals surface area contributed by atoms with E-state index in [4.69, 9.17) is 0 Å². The summed E-state index contributed by atoms with van der Waals surface area (Å²) in [5.41, 5.74) is 4.16. The van der Waals surface area contributed by atoms with Crippen LogP contribution < -0.4 is 0 Å². The Morgan fingerprint density at radius 2 is 2.09 bits per heavy atom. The van der Waals surface area contributed by atoms with Crippen molar-refractivity contribution in [3.05, 3.63) is 40.7 Å². The maximum atomic E-state index is 4.22. The lowest BCUT2D eigenvalue weighted by Crippen LogP contribution is -2.25. The van der Waals surface area contributed by atoms with E-state index in [2.05, 4.69) is 59.4 Å². The van der Waals surface area contributed by atoms with E-state index in [-0.39, 0.29) is 0 Å². The first-order valence-electron chi connectivity index (χ1n) is 8.25. The van der Waals surface area contributed by atoms with Gasteiger partial charge in [0.25, 0.3) is 0 Å². The third kappa shape index (κ3) is 3.04. The van der Waals surface area contributed by atoms with Gasteiger partial charge in [0.15, 0.2) is 5.82 Å². The highest BCUT2D eigenvalue weighted by Crippen LogP contribution is 2.33. The number of aromatic nitrogens is 4. The van der Waals surface area contributed by atoms with E-state index in [1.165, 1.54) is 29.5 Å². The van der Waals surface area contributed by atoms with Crippen LogP contribution in [0, 0.1) is 13.8 Å². The molecule has 118 valence electrons. The van der Waals surface area contributed by atoms with Crippen molar-refractivity contribution >= 4 is 0 Å². The molecule has 1 fully saturated rings. The molecular weight excluding hydrogens is 274 g/mol. The summed E-state index contributed by atoms with van der Waals surface area (Å²) in [5, 5.41) is 12.2. The highest BCUT2D eigenvalue weighted by atomic mass is 15.5. The molecule has 0 radical (unpaired) electrons. The first-order valence-corrected chi connectivity index (χ1v) is 8.25. The summed E-state index contributed by atoms with van der Waals surface area (Å²) in [6, 6.07) is 7.35. The van der Waals surface area contributed by atoms with Gasteiger partial charge in [0, 0.05) is 12.6 Å². The summed E-state index contributed by atoms with van der Waals surface area (Å²) in [5.74, 6) is 0.984. The first kappa shape index (κ1) is 15.2. The molecule has 2 aromatic rings. The quantitative estimate of drug-likeness (QED) is 0.851. The summed E-state index contributed by atoms with van der Waals surface area (Å²) in [4.78, 5) is 2.52. The first-order chi connectivity index (χ1) is 10.7. The molecule has 5 nitrogen and oxygen atoms in total. The molecule has 5 heteroatoms. The Kier molecular flexibility index (Phi) is 4.52. The minimum absolute atomic E-state index is 0.492. The van der Waals surface area contributed by atoms with E-state index < -0.39 is 0 Å². The van der Waals surface area contributed by atoms with Crippen molar-refractivity contribution in [1.29, 1.82) is 0 Å². The van der Waals surface area contributed by atoms with Gasteiger partial charge in [0.1, 0.15) is 0 Å². The Morgan fingerprint density at radius 3 is 2.86 bits per heavy atom. The summed E-state index contributed by atoms with van der Waals surface area (Å²) < 4.78 is 1.94. The third-order valence-corrected chi connectivity index (χ3v) is 4.67. The van der Waals surface area contributed by atoms with Gasteiger partial charge in [-0.15, -0.1) is 5.10 Å². The molecule has 1 saturated heterocycles. The number of rotatable bonds is 5. The van der Waals surface area contributed by atoms with Crippen LogP contribution in [-0.4, -0.2) is 31.7 Å². The smallest absolute Gasteiger partial charge is 0.165 e. The molecule has 2 heterocycles. The number of nitrogens with zero attached hydrogens (tertiary/aromatic N) is 5. The molecule has 3 rings (SSSR count). The van der Waals surface area contributed by atoms with E-state index in [0.717, 1.165) is 31.9 Å². The normalized spacial score (nSPS) is 19.0. The van der Waals surface area contributed by atoms with Gasteiger partial charge < -0.3 is 0 Å². The lowest BCUT2D eigenvalue weighted by atomic mass is 9.99. The molecule has 0 spiro atoms. The van der Waals surface area contributed by atoms with E-state index in [9.17, 15) is 0 Å². The minimum Gasteiger partial charge on any atom is -0.289 e. The highest BCUT2D eigenvalue weighted by molar-refractivity contribution is 5.32. The van der Waals surface area contributed by atoms with Gasteiger partial charge in [0.2, 0.25) is 0 Å². The van der Waals surface area contributed by atoms with E-state index in [1.54, 1.807) is 0 Å². The van der Waals surface area contributed by atoms with Crippen LogP contribution in [0.15, 0.2) is 18.2 Å². The van der Waals surface area contributed by atoms with Gasteiger partial charge in [-0.1, -0.05) is 25.1 Å². The van der Waals surface area contributed by atoms with Crippen LogP contribution in [-0.2, 0) is 13.1 Å². The lowest BCUT2D eigenvalue weighted by molar-refractivity contribution is 0.237. The van der Waals surface area contributed by atoms with E-state index in [1.807, 2.05) is 4.68 Å². The number of hydrogen-bond donors (Lipinski definition) is 0. The fourth-order valence-electron chi connectivity index (χ4n) is 3.27. The Labute approximate surface area is 132 Å². The van der Waals surface area contributed by atoms with Crippen LogP contribution in [0.3, 0.4) is 0 Å². The van der Waals surface area contributed by atoms with Crippen molar-refractivity contribution in [2.45, 2.75) is 59.2 Å². The topological polar surface area (TPSA) is 46.8 Å². The Morgan fingerprint density at radius 1 is 1.23 bits per heavy atom. The van der Waals surface area contributed by atoms with E-state index in [0.29, 0.717) is 6.04 Å². The molecular formula is C17H25N5. The standard InChI is InChI=1S/C17H25N5/c1-4-9-22-17(18-19-20-22)12-21-10-5-6-16(21)15-8-7-13(2)14(3)11-15/h7-8,11,16H,4-6,9-10,12H2,1-3H3. The van der Waals surface area contributed by atoms with Crippen molar-refractivity contribution in [3.63, 3.8) is 0 Å². The average Bonchev–Trinajstić information content (AvgIpc) is 3.13. The molecule has 0 bridgehead atoms. The van der Waals surface area contributed by atoms with Crippen LogP contribution in [0.1, 0.15) is 54.7 Å². The monoisotopic (exact) mass is 299 g/mol. The molecule has 1 aromatic heterocycles. The maximum absolute atomic E-state index is 4.22. The molecule has 0 N–H and O–H groups in total. The molecule has 0 amide bonds. The number of tetrazole rings is 1. The second-order valence-electron chi connectivity index (χ2n) is 6.29. The predicted molar refractivity (Wildman–Crippen MR) is 86.4 cm³/mol. The third-order valence-electron chi connectivity index (χ3n) is 4.67. The number of hydrogen-bond acceptors (Lipinski definition) is 4.